The van der Waals surface area contributed by atoms with Gasteiger partial charge in [-0.3, -0.25) is 10.1 Å². The Labute approximate surface area is 117 Å². The van der Waals surface area contributed by atoms with Crippen molar-refractivity contribution in [1.29, 1.82) is 0 Å². The Morgan fingerprint density at radius 2 is 2.20 bits per heavy atom. The van der Waals surface area contributed by atoms with Gasteiger partial charge in [0.05, 0.1) is 4.92 Å². The van der Waals surface area contributed by atoms with Crippen LogP contribution < -0.4 is 10.1 Å². The molecule has 0 bridgehead atoms. The fourth-order valence-electron chi connectivity index (χ4n) is 2.08. The maximum atomic E-state index is 11.0. The van der Waals surface area contributed by atoms with Gasteiger partial charge >= 0.3 is 5.69 Å². The maximum Gasteiger partial charge on any atom is 0.311 e. The molecule has 1 atom stereocenters. The molecule has 0 radical (unpaired) electrons. The summed E-state index contributed by atoms with van der Waals surface area (Å²) in [5.74, 6) is 0.242. The Morgan fingerprint density at radius 1 is 1.50 bits per heavy atom. The average molecular weight is 280 g/mol. The molecule has 1 saturated carbocycles. The van der Waals surface area contributed by atoms with Gasteiger partial charge in [-0.1, -0.05) is 6.07 Å². The average Bonchev–Trinajstić information content (AvgIpc) is 3.18. The zero-order valence-corrected chi connectivity index (χ0v) is 11.8. The maximum absolute atomic E-state index is 11.0. The number of nitrogens with one attached hydrogen (secondary N) is 1. The molecule has 1 aromatic carbocycles. The first-order valence-electron chi connectivity index (χ1n) is 6.77. The summed E-state index contributed by atoms with van der Waals surface area (Å²) in [6.07, 6.45) is 1.63. The number of nitrogens with zero attached hydrogens (tertiary/aromatic N) is 1. The van der Waals surface area contributed by atoms with Crippen LogP contribution in [0.3, 0.4) is 0 Å². The van der Waals surface area contributed by atoms with E-state index in [4.69, 9.17) is 4.74 Å². The molecule has 1 unspecified atom stereocenters. The third kappa shape index (κ3) is 3.91. The van der Waals surface area contributed by atoms with Gasteiger partial charge in [0.25, 0.3) is 0 Å². The third-order valence-corrected chi connectivity index (χ3v) is 3.24. The predicted octanol–water partition coefficient (Wildman–Crippen LogP) is 1.70. The second-order valence-electron chi connectivity index (χ2n) is 5.33. The van der Waals surface area contributed by atoms with Crippen molar-refractivity contribution in [2.75, 3.05) is 13.2 Å². The number of aliphatic hydroxyl groups is 1. The minimum Gasteiger partial charge on any atom is -0.484 e. The molecular weight excluding hydrogens is 260 g/mol. The largest absolute Gasteiger partial charge is 0.484 e. The normalized spacial score (nSPS) is 15.9. The van der Waals surface area contributed by atoms with Gasteiger partial charge in [0.15, 0.2) is 5.75 Å². The Balaban J connectivity index is 1.98. The van der Waals surface area contributed by atoms with Crippen LogP contribution in [0.25, 0.3) is 0 Å². The molecule has 2 N–H and O–H groups in total. The van der Waals surface area contributed by atoms with Crippen molar-refractivity contribution in [3.05, 3.63) is 33.4 Å². The molecule has 1 fully saturated rings. The summed E-state index contributed by atoms with van der Waals surface area (Å²) < 4.78 is 5.47. The highest BCUT2D eigenvalue weighted by Crippen LogP contribution is 2.32. The smallest absolute Gasteiger partial charge is 0.311 e. The molecule has 110 valence electrons. The SMILES string of the molecule is Cc1cc(C)c(OCC(O)CNC2CC2)c([N+](=O)[O-])c1. The Bertz CT molecular complexity index is 500. The molecule has 0 heterocycles. The van der Waals surface area contributed by atoms with E-state index in [0.29, 0.717) is 18.2 Å². The van der Waals surface area contributed by atoms with E-state index in [1.807, 2.05) is 6.07 Å². The van der Waals surface area contributed by atoms with Crippen LogP contribution in [0.2, 0.25) is 0 Å². The summed E-state index contributed by atoms with van der Waals surface area (Å²) in [5.41, 5.74) is 1.47. The van der Waals surface area contributed by atoms with Crippen LogP contribution in [0.5, 0.6) is 5.75 Å². The molecule has 2 rings (SSSR count). The van der Waals surface area contributed by atoms with Gasteiger partial charge in [-0.05, 0) is 37.8 Å². The minimum atomic E-state index is -0.670. The zero-order chi connectivity index (χ0) is 14.7. The lowest BCUT2D eigenvalue weighted by Crippen LogP contribution is -2.32. The lowest BCUT2D eigenvalue weighted by atomic mass is 10.1. The lowest BCUT2D eigenvalue weighted by Gasteiger charge is -2.14. The van der Waals surface area contributed by atoms with Crippen molar-refractivity contribution in [3.63, 3.8) is 0 Å². The number of aliphatic hydroxyl groups excluding tert-OH is 1. The molecule has 20 heavy (non-hydrogen) atoms. The van der Waals surface area contributed by atoms with Crippen LogP contribution in [0.15, 0.2) is 12.1 Å². The van der Waals surface area contributed by atoms with Crippen LogP contribution in [0, 0.1) is 24.0 Å². The standard InChI is InChI=1S/C14H20N2O4/c1-9-5-10(2)14(13(6-9)16(18)19)20-8-12(17)7-15-11-3-4-11/h5-6,11-12,15,17H,3-4,7-8H2,1-2H3. The van der Waals surface area contributed by atoms with Gasteiger partial charge in [0, 0.05) is 18.7 Å². The van der Waals surface area contributed by atoms with Crippen LogP contribution in [-0.4, -0.2) is 35.3 Å². The van der Waals surface area contributed by atoms with Crippen LogP contribution >= 0.6 is 0 Å². The Kier molecular flexibility index (Phi) is 4.57. The molecule has 0 aromatic heterocycles. The molecule has 0 spiro atoms. The van der Waals surface area contributed by atoms with Gasteiger partial charge in [0.2, 0.25) is 0 Å². The molecule has 0 amide bonds. The fourth-order valence-corrected chi connectivity index (χ4v) is 2.08. The molecule has 6 heteroatoms. The molecule has 1 aliphatic rings. The highest BCUT2D eigenvalue weighted by Gasteiger charge is 2.23. The summed E-state index contributed by atoms with van der Waals surface area (Å²) >= 11 is 0. The quantitative estimate of drug-likeness (QED) is 0.586. The first kappa shape index (κ1) is 14.7. The first-order valence-corrected chi connectivity index (χ1v) is 6.77. The van der Waals surface area contributed by atoms with E-state index in [1.54, 1.807) is 13.8 Å². The van der Waals surface area contributed by atoms with E-state index >= 15 is 0 Å². The van der Waals surface area contributed by atoms with Crippen LogP contribution in [-0.2, 0) is 0 Å². The first-order chi connectivity index (χ1) is 9.47. The number of rotatable bonds is 7. The number of aryl methyl sites for hydroxylation is 2. The van der Waals surface area contributed by atoms with E-state index in [-0.39, 0.29) is 18.0 Å². The van der Waals surface area contributed by atoms with E-state index in [0.717, 1.165) is 18.4 Å². The molecule has 6 nitrogen and oxygen atoms in total. The number of hydrogen-bond acceptors (Lipinski definition) is 5. The van der Waals surface area contributed by atoms with Gasteiger partial charge in [0.1, 0.15) is 12.7 Å². The number of benzene rings is 1. The van der Waals surface area contributed by atoms with Crippen molar-refractivity contribution in [2.24, 2.45) is 0 Å². The second kappa shape index (κ2) is 6.19. The van der Waals surface area contributed by atoms with Crippen LogP contribution in [0.1, 0.15) is 24.0 Å². The van der Waals surface area contributed by atoms with Crippen molar-refractivity contribution >= 4 is 5.69 Å². The van der Waals surface area contributed by atoms with E-state index in [1.165, 1.54) is 6.07 Å². The number of nitro groups is 1. The minimum absolute atomic E-state index is 0.0461. The monoisotopic (exact) mass is 280 g/mol. The molecule has 1 aromatic rings. The highest BCUT2D eigenvalue weighted by atomic mass is 16.6. The molecule has 0 saturated heterocycles. The predicted molar refractivity (Wildman–Crippen MR) is 75.1 cm³/mol. The second-order valence-corrected chi connectivity index (χ2v) is 5.33. The van der Waals surface area contributed by atoms with Crippen LogP contribution in [0.4, 0.5) is 5.69 Å². The van der Waals surface area contributed by atoms with Gasteiger partial charge in [-0.25, -0.2) is 0 Å². The molecule has 0 aliphatic heterocycles. The van der Waals surface area contributed by atoms with E-state index in [2.05, 4.69) is 5.32 Å². The van der Waals surface area contributed by atoms with Crippen molar-refractivity contribution in [2.45, 2.75) is 38.8 Å². The summed E-state index contributed by atoms with van der Waals surface area (Å²) in [4.78, 5) is 10.6. The van der Waals surface area contributed by atoms with Gasteiger partial charge < -0.3 is 15.2 Å². The Hall–Kier alpha value is -1.66. The van der Waals surface area contributed by atoms with Gasteiger partial charge in [-0.2, -0.15) is 0 Å². The lowest BCUT2D eigenvalue weighted by molar-refractivity contribution is -0.386. The molecular formula is C14H20N2O4. The van der Waals surface area contributed by atoms with E-state index in [9.17, 15) is 15.2 Å². The summed E-state index contributed by atoms with van der Waals surface area (Å²) in [6, 6.07) is 3.83. The van der Waals surface area contributed by atoms with Gasteiger partial charge in [-0.15, -0.1) is 0 Å². The Morgan fingerprint density at radius 3 is 2.80 bits per heavy atom. The molecule has 1 aliphatic carbocycles. The summed E-state index contributed by atoms with van der Waals surface area (Å²) in [6.45, 7) is 4.07. The summed E-state index contributed by atoms with van der Waals surface area (Å²) in [7, 11) is 0. The highest BCUT2D eigenvalue weighted by molar-refractivity contribution is 5.53. The number of ether oxygens (including phenoxy) is 1. The third-order valence-electron chi connectivity index (χ3n) is 3.24. The van der Waals surface area contributed by atoms with Crippen molar-refractivity contribution in [1.82, 2.24) is 5.32 Å². The van der Waals surface area contributed by atoms with Crippen molar-refractivity contribution < 1.29 is 14.8 Å². The van der Waals surface area contributed by atoms with E-state index < -0.39 is 11.0 Å². The van der Waals surface area contributed by atoms with Crippen molar-refractivity contribution in [3.8, 4) is 5.75 Å². The zero-order valence-electron chi connectivity index (χ0n) is 11.8. The number of nitro benzene ring substituents is 1. The number of hydrogen-bond donors (Lipinski definition) is 2. The topological polar surface area (TPSA) is 84.6 Å². The fraction of sp³-hybridized carbons (Fsp3) is 0.571. The summed E-state index contributed by atoms with van der Waals surface area (Å²) in [5, 5.41) is 24.0.